The van der Waals surface area contributed by atoms with Gasteiger partial charge in [0.25, 0.3) is 0 Å². The second kappa shape index (κ2) is 7.33. The Balaban J connectivity index is 2.08. The fraction of sp³-hybridized carbons (Fsp3) is 1.00. The van der Waals surface area contributed by atoms with Crippen molar-refractivity contribution < 1.29 is 0 Å². The van der Waals surface area contributed by atoms with Crippen LogP contribution in [-0.2, 0) is 0 Å². The maximum Gasteiger partial charge on any atom is 0.0350 e. The van der Waals surface area contributed by atoms with Crippen LogP contribution in [0.4, 0.5) is 0 Å². The molecule has 2 nitrogen and oxygen atoms in total. The molecule has 0 spiro atoms. The summed E-state index contributed by atoms with van der Waals surface area (Å²) in [5.41, 5.74) is 6.59. The van der Waals surface area contributed by atoms with Crippen LogP contribution in [0.5, 0.6) is 0 Å². The zero-order valence-electron chi connectivity index (χ0n) is 12.9. The summed E-state index contributed by atoms with van der Waals surface area (Å²) in [5.74, 6) is 3.42. The lowest BCUT2D eigenvalue weighted by Crippen LogP contribution is -2.59. The lowest BCUT2D eigenvalue weighted by Gasteiger charge is -2.49. The van der Waals surface area contributed by atoms with Crippen molar-refractivity contribution in [2.75, 3.05) is 24.6 Å². The van der Waals surface area contributed by atoms with Crippen LogP contribution in [0.25, 0.3) is 0 Å². The second-order valence-corrected chi connectivity index (χ2v) is 8.08. The largest absolute Gasteiger partial charge is 0.329 e. The zero-order valence-corrected chi connectivity index (χ0v) is 13.7. The van der Waals surface area contributed by atoms with Crippen LogP contribution >= 0.6 is 11.8 Å². The minimum atomic E-state index is 0.329. The standard InChI is InChI=1S/C16H32N2S/c1-14(2)7-10-18(15-5-3-4-6-15)16(13-17)8-11-19-12-9-16/h14-15H,3-13,17H2,1-2H3. The summed E-state index contributed by atoms with van der Waals surface area (Å²) < 4.78 is 0. The maximum absolute atomic E-state index is 6.26. The molecule has 1 heterocycles. The van der Waals surface area contributed by atoms with Gasteiger partial charge in [-0.25, -0.2) is 0 Å². The molecule has 1 saturated carbocycles. The van der Waals surface area contributed by atoms with E-state index in [1.165, 1.54) is 63.0 Å². The van der Waals surface area contributed by atoms with Gasteiger partial charge in [-0.1, -0.05) is 26.7 Å². The molecule has 0 aromatic heterocycles. The van der Waals surface area contributed by atoms with Crippen molar-refractivity contribution in [1.82, 2.24) is 4.90 Å². The van der Waals surface area contributed by atoms with Gasteiger partial charge in [-0.2, -0.15) is 11.8 Å². The van der Waals surface area contributed by atoms with Gasteiger partial charge >= 0.3 is 0 Å². The van der Waals surface area contributed by atoms with E-state index in [4.69, 9.17) is 5.73 Å². The minimum absolute atomic E-state index is 0.329. The second-order valence-electron chi connectivity index (χ2n) is 6.86. The summed E-state index contributed by atoms with van der Waals surface area (Å²) in [4.78, 5) is 2.86. The number of rotatable bonds is 6. The topological polar surface area (TPSA) is 29.3 Å². The number of thioether (sulfide) groups is 1. The highest BCUT2D eigenvalue weighted by atomic mass is 32.2. The molecule has 0 unspecified atom stereocenters. The molecule has 0 aromatic carbocycles. The van der Waals surface area contributed by atoms with Crippen LogP contribution < -0.4 is 5.73 Å². The van der Waals surface area contributed by atoms with Crippen LogP contribution in [0, 0.1) is 5.92 Å². The molecule has 2 rings (SSSR count). The predicted molar refractivity (Wildman–Crippen MR) is 86.8 cm³/mol. The third kappa shape index (κ3) is 3.89. The molecule has 0 amide bonds. The Kier molecular flexibility index (Phi) is 6.04. The number of nitrogens with zero attached hydrogens (tertiary/aromatic N) is 1. The molecule has 2 aliphatic rings. The van der Waals surface area contributed by atoms with E-state index in [2.05, 4.69) is 30.5 Å². The smallest absolute Gasteiger partial charge is 0.0350 e. The van der Waals surface area contributed by atoms with Gasteiger partial charge in [0.05, 0.1) is 0 Å². The molecule has 0 atom stereocenters. The van der Waals surface area contributed by atoms with Crippen molar-refractivity contribution in [3.05, 3.63) is 0 Å². The third-order valence-corrected chi connectivity index (χ3v) is 6.11. The van der Waals surface area contributed by atoms with Crippen LogP contribution in [-0.4, -0.2) is 41.1 Å². The summed E-state index contributed by atoms with van der Waals surface area (Å²) in [6.07, 6.45) is 9.62. The van der Waals surface area contributed by atoms with Crippen LogP contribution in [0.15, 0.2) is 0 Å². The molecule has 0 radical (unpaired) electrons. The van der Waals surface area contributed by atoms with Gasteiger partial charge in [0.2, 0.25) is 0 Å². The minimum Gasteiger partial charge on any atom is -0.329 e. The van der Waals surface area contributed by atoms with Crippen molar-refractivity contribution in [3.8, 4) is 0 Å². The Morgan fingerprint density at radius 3 is 2.37 bits per heavy atom. The Hall–Kier alpha value is 0.270. The van der Waals surface area contributed by atoms with E-state index in [1.807, 2.05) is 0 Å². The van der Waals surface area contributed by atoms with Crippen molar-refractivity contribution in [2.45, 2.75) is 70.4 Å². The molecule has 19 heavy (non-hydrogen) atoms. The highest BCUT2D eigenvalue weighted by Crippen LogP contribution is 2.37. The SMILES string of the molecule is CC(C)CCN(C1CCCC1)C1(CN)CCSCC1. The molecule has 1 aliphatic heterocycles. The van der Waals surface area contributed by atoms with E-state index in [9.17, 15) is 0 Å². The highest BCUT2D eigenvalue weighted by molar-refractivity contribution is 7.99. The average molecular weight is 285 g/mol. The quantitative estimate of drug-likeness (QED) is 0.809. The predicted octanol–water partition coefficient (Wildman–Crippen LogP) is 3.50. The summed E-state index contributed by atoms with van der Waals surface area (Å²) in [5, 5.41) is 0. The van der Waals surface area contributed by atoms with Crippen molar-refractivity contribution in [3.63, 3.8) is 0 Å². The summed E-state index contributed by atoms with van der Waals surface area (Å²) in [7, 11) is 0. The Morgan fingerprint density at radius 1 is 1.21 bits per heavy atom. The van der Waals surface area contributed by atoms with Crippen LogP contribution in [0.3, 0.4) is 0 Å². The van der Waals surface area contributed by atoms with Crippen molar-refractivity contribution in [2.24, 2.45) is 11.7 Å². The molecule has 2 fully saturated rings. The summed E-state index contributed by atoms with van der Waals surface area (Å²) in [6.45, 7) is 6.82. The molecule has 2 N–H and O–H groups in total. The Labute approximate surface area is 123 Å². The third-order valence-electron chi connectivity index (χ3n) is 5.13. The van der Waals surface area contributed by atoms with E-state index in [0.29, 0.717) is 5.54 Å². The maximum atomic E-state index is 6.26. The van der Waals surface area contributed by atoms with E-state index in [1.54, 1.807) is 0 Å². The van der Waals surface area contributed by atoms with E-state index in [-0.39, 0.29) is 0 Å². The van der Waals surface area contributed by atoms with E-state index >= 15 is 0 Å². The fourth-order valence-electron chi connectivity index (χ4n) is 3.78. The van der Waals surface area contributed by atoms with Gasteiger partial charge in [-0.05, 0) is 56.1 Å². The molecular formula is C16H32N2S. The van der Waals surface area contributed by atoms with Crippen LogP contribution in [0.2, 0.25) is 0 Å². The van der Waals surface area contributed by atoms with E-state index in [0.717, 1.165) is 18.5 Å². The summed E-state index contributed by atoms with van der Waals surface area (Å²) in [6, 6.07) is 0.824. The van der Waals surface area contributed by atoms with Gasteiger partial charge in [0.15, 0.2) is 0 Å². The zero-order chi connectivity index (χ0) is 13.7. The lowest BCUT2D eigenvalue weighted by atomic mass is 9.87. The van der Waals surface area contributed by atoms with Gasteiger partial charge in [-0.3, -0.25) is 4.90 Å². The number of nitrogens with two attached hydrogens (primary N) is 1. The summed E-state index contributed by atoms with van der Waals surface area (Å²) >= 11 is 2.11. The van der Waals surface area contributed by atoms with E-state index < -0.39 is 0 Å². The molecule has 0 bridgehead atoms. The first-order valence-electron chi connectivity index (χ1n) is 8.22. The molecule has 0 aromatic rings. The van der Waals surface area contributed by atoms with Gasteiger partial charge in [0, 0.05) is 18.1 Å². The molecule has 3 heteroatoms. The van der Waals surface area contributed by atoms with Gasteiger partial charge in [0.1, 0.15) is 0 Å². The molecular weight excluding hydrogens is 252 g/mol. The molecule has 112 valence electrons. The highest BCUT2D eigenvalue weighted by Gasteiger charge is 2.40. The number of hydrogen-bond acceptors (Lipinski definition) is 3. The first-order valence-corrected chi connectivity index (χ1v) is 9.38. The fourth-order valence-corrected chi connectivity index (χ4v) is 5.03. The van der Waals surface area contributed by atoms with Crippen molar-refractivity contribution >= 4 is 11.8 Å². The average Bonchev–Trinajstić information content (AvgIpc) is 2.93. The Morgan fingerprint density at radius 2 is 1.84 bits per heavy atom. The van der Waals surface area contributed by atoms with Crippen LogP contribution in [0.1, 0.15) is 58.8 Å². The van der Waals surface area contributed by atoms with Gasteiger partial charge < -0.3 is 5.73 Å². The molecule has 1 aliphatic carbocycles. The Bertz CT molecular complexity index is 255. The van der Waals surface area contributed by atoms with Crippen molar-refractivity contribution in [1.29, 1.82) is 0 Å². The monoisotopic (exact) mass is 284 g/mol. The first-order chi connectivity index (χ1) is 9.18. The normalized spacial score (nSPS) is 24.5. The first kappa shape index (κ1) is 15.7. The van der Waals surface area contributed by atoms with Gasteiger partial charge in [-0.15, -0.1) is 0 Å². The molecule has 1 saturated heterocycles. The number of hydrogen-bond donors (Lipinski definition) is 1. The lowest BCUT2D eigenvalue weighted by molar-refractivity contribution is 0.0376.